The number of benzene rings is 2. The van der Waals surface area contributed by atoms with Crippen molar-refractivity contribution in [2.75, 3.05) is 37.4 Å². The van der Waals surface area contributed by atoms with Crippen LogP contribution in [0.5, 0.6) is 5.75 Å². The molecule has 3 aromatic rings. The smallest absolute Gasteiger partial charge is 0.240 e. The molecule has 32 heavy (non-hydrogen) atoms. The summed E-state index contributed by atoms with van der Waals surface area (Å²) in [7, 11) is 1.52. The number of carbonyl (C=O) groups is 2. The summed E-state index contributed by atoms with van der Waals surface area (Å²) in [5.74, 6) is -1.98. The maximum atomic E-state index is 13.4. The lowest BCUT2D eigenvalue weighted by atomic mass is 10.2. The zero-order valence-corrected chi connectivity index (χ0v) is 18.3. The molecule has 7 nitrogen and oxygen atoms in total. The van der Waals surface area contributed by atoms with Crippen molar-refractivity contribution in [3.05, 3.63) is 59.5 Å². The Morgan fingerprint density at radius 1 is 1.06 bits per heavy atom. The molecule has 0 saturated carbocycles. The van der Waals surface area contributed by atoms with Gasteiger partial charge in [0.2, 0.25) is 11.8 Å². The number of nitrogens with one attached hydrogen (secondary N) is 2. The van der Waals surface area contributed by atoms with Crippen molar-refractivity contribution >= 4 is 34.0 Å². The van der Waals surface area contributed by atoms with Gasteiger partial charge in [-0.15, -0.1) is 11.3 Å². The van der Waals surface area contributed by atoms with Crippen LogP contribution in [0.4, 0.5) is 19.6 Å². The number of ether oxygens (including phenoxy) is 1. The Morgan fingerprint density at radius 3 is 2.47 bits per heavy atom. The summed E-state index contributed by atoms with van der Waals surface area (Å²) >= 11 is 1.17. The highest BCUT2D eigenvalue weighted by molar-refractivity contribution is 7.14. The Bertz CT molecular complexity index is 1110. The van der Waals surface area contributed by atoms with Crippen molar-refractivity contribution in [2.45, 2.75) is 6.92 Å². The number of hydrogen-bond donors (Lipinski definition) is 2. The van der Waals surface area contributed by atoms with Gasteiger partial charge in [-0.05, 0) is 36.9 Å². The summed E-state index contributed by atoms with van der Waals surface area (Å²) in [6.07, 6.45) is 0. The highest BCUT2D eigenvalue weighted by atomic mass is 32.1. The van der Waals surface area contributed by atoms with Crippen LogP contribution in [-0.4, -0.2) is 48.4 Å². The first-order chi connectivity index (χ1) is 15.4. The number of likely N-dealkylation sites (N-methyl/N-ethyl adjacent to an activating group) is 1. The van der Waals surface area contributed by atoms with Crippen LogP contribution in [0.2, 0.25) is 0 Å². The number of rotatable bonds is 9. The van der Waals surface area contributed by atoms with Crippen molar-refractivity contribution in [1.82, 2.24) is 9.88 Å². The number of halogens is 2. The van der Waals surface area contributed by atoms with E-state index in [2.05, 4.69) is 15.6 Å². The topological polar surface area (TPSA) is 83.6 Å². The largest absolute Gasteiger partial charge is 0.495 e. The molecule has 0 aliphatic carbocycles. The SMILES string of the molecule is CCN(CC(=O)Nc1nc(-c2ccc(F)c(F)c2)cs1)CC(=O)Nc1ccccc1OC. The van der Waals surface area contributed by atoms with Crippen molar-refractivity contribution in [3.63, 3.8) is 0 Å². The molecule has 0 atom stereocenters. The van der Waals surface area contributed by atoms with Gasteiger partial charge in [-0.1, -0.05) is 19.1 Å². The molecule has 0 unspecified atom stereocenters. The summed E-state index contributed by atoms with van der Waals surface area (Å²) in [6, 6.07) is 10.5. The van der Waals surface area contributed by atoms with Crippen LogP contribution in [0.1, 0.15) is 6.92 Å². The monoisotopic (exact) mass is 460 g/mol. The van der Waals surface area contributed by atoms with E-state index >= 15 is 0 Å². The molecule has 1 heterocycles. The third-order valence-electron chi connectivity index (χ3n) is 4.53. The third-order valence-corrected chi connectivity index (χ3v) is 5.29. The van der Waals surface area contributed by atoms with Crippen LogP contribution in [0.15, 0.2) is 47.8 Å². The molecule has 0 aliphatic rings. The molecule has 2 N–H and O–H groups in total. The first-order valence-electron chi connectivity index (χ1n) is 9.75. The van der Waals surface area contributed by atoms with Crippen LogP contribution >= 0.6 is 11.3 Å². The number of hydrogen-bond acceptors (Lipinski definition) is 6. The van der Waals surface area contributed by atoms with Crippen LogP contribution in [0.25, 0.3) is 11.3 Å². The Balaban J connectivity index is 1.55. The number of amides is 2. The number of nitrogens with zero attached hydrogens (tertiary/aromatic N) is 2. The fourth-order valence-corrected chi connectivity index (χ4v) is 3.64. The molecule has 10 heteroatoms. The van der Waals surface area contributed by atoms with Crippen LogP contribution in [0.3, 0.4) is 0 Å². The van der Waals surface area contributed by atoms with Crippen LogP contribution in [0, 0.1) is 11.6 Å². The van der Waals surface area contributed by atoms with E-state index in [4.69, 9.17) is 4.74 Å². The van der Waals surface area contributed by atoms with Gasteiger partial charge >= 0.3 is 0 Å². The minimum absolute atomic E-state index is 0.0138. The van der Waals surface area contributed by atoms with Crippen molar-refractivity contribution in [1.29, 1.82) is 0 Å². The molecule has 0 fully saturated rings. The number of carbonyl (C=O) groups excluding carboxylic acids is 2. The highest BCUT2D eigenvalue weighted by Gasteiger charge is 2.16. The normalized spacial score (nSPS) is 10.8. The van der Waals surface area contributed by atoms with Gasteiger partial charge in [0.15, 0.2) is 16.8 Å². The van der Waals surface area contributed by atoms with E-state index in [1.807, 2.05) is 6.92 Å². The zero-order chi connectivity index (χ0) is 23.1. The zero-order valence-electron chi connectivity index (χ0n) is 17.5. The maximum absolute atomic E-state index is 13.4. The molecule has 0 spiro atoms. The minimum Gasteiger partial charge on any atom is -0.495 e. The third kappa shape index (κ3) is 6.08. The Morgan fingerprint density at radius 2 is 1.78 bits per heavy atom. The van der Waals surface area contributed by atoms with E-state index in [9.17, 15) is 18.4 Å². The number of para-hydroxylation sites is 2. The highest BCUT2D eigenvalue weighted by Crippen LogP contribution is 2.26. The van der Waals surface area contributed by atoms with Gasteiger partial charge in [-0.2, -0.15) is 0 Å². The van der Waals surface area contributed by atoms with E-state index in [0.717, 1.165) is 12.1 Å². The summed E-state index contributed by atoms with van der Waals surface area (Å²) in [4.78, 5) is 30.7. The van der Waals surface area contributed by atoms with E-state index in [-0.39, 0.29) is 24.9 Å². The molecule has 3 rings (SSSR count). The molecular weight excluding hydrogens is 438 g/mol. The standard InChI is InChI=1S/C22H22F2N4O3S/c1-3-28(11-20(29)25-17-6-4-5-7-19(17)31-2)12-21(30)27-22-26-18(13-32-22)14-8-9-15(23)16(24)10-14/h4-10,13H,3,11-12H2,1-2H3,(H,25,29)(H,26,27,30). The number of methoxy groups -OCH3 is 1. The molecule has 0 bridgehead atoms. The van der Waals surface area contributed by atoms with Gasteiger partial charge < -0.3 is 15.4 Å². The first kappa shape index (κ1) is 23.3. The van der Waals surface area contributed by atoms with Crippen molar-refractivity contribution in [2.24, 2.45) is 0 Å². The summed E-state index contributed by atoms with van der Waals surface area (Å²) in [6.45, 7) is 2.31. The fraction of sp³-hybridized carbons (Fsp3) is 0.227. The summed E-state index contributed by atoms with van der Waals surface area (Å²) in [5, 5.41) is 7.41. The van der Waals surface area contributed by atoms with Gasteiger partial charge in [-0.25, -0.2) is 13.8 Å². The average Bonchev–Trinajstić information content (AvgIpc) is 3.23. The van der Waals surface area contributed by atoms with E-state index in [1.165, 1.54) is 24.5 Å². The number of thiazole rings is 1. The van der Waals surface area contributed by atoms with Gasteiger partial charge in [0.25, 0.3) is 0 Å². The summed E-state index contributed by atoms with van der Waals surface area (Å²) < 4.78 is 31.8. The van der Waals surface area contributed by atoms with Crippen LogP contribution < -0.4 is 15.4 Å². The molecule has 1 aromatic heterocycles. The van der Waals surface area contributed by atoms with Gasteiger partial charge in [0, 0.05) is 10.9 Å². The second kappa shape index (κ2) is 10.8. The van der Waals surface area contributed by atoms with E-state index in [1.54, 1.807) is 34.5 Å². The number of aromatic nitrogens is 1. The fourth-order valence-electron chi connectivity index (χ4n) is 2.90. The second-order valence-corrected chi connectivity index (χ2v) is 7.62. The Hall–Kier alpha value is -3.37. The van der Waals surface area contributed by atoms with Crippen LogP contribution in [-0.2, 0) is 9.59 Å². The number of anilines is 2. The lowest BCUT2D eigenvalue weighted by Gasteiger charge is -2.19. The molecule has 168 valence electrons. The van der Waals surface area contributed by atoms with E-state index < -0.39 is 11.6 Å². The Kier molecular flexibility index (Phi) is 7.85. The quantitative estimate of drug-likeness (QED) is 0.504. The van der Waals surface area contributed by atoms with Gasteiger partial charge in [-0.3, -0.25) is 14.5 Å². The average molecular weight is 461 g/mol. The molecule has 0 aliphatic heterocycles. The van der Waals surface area contributed by atoms with Crippen molar-refractivity contribution < 1.29 is 23.1 Å². The lowest BCUT2D eigenvalue weighted by molar-refractivity contribution is -0.119. The first-order valence-corrected chi connectivity index (χ1v) is 10.6. The molecule has 2 aromatic carbocycles. The summed E-state index contributed by atoms with van der Waals surface area (Å²) in [5.41, 5.74) is 1.38. The minimum atomic E-state index is -0.967. The van der Waals surface area contributed by atoms with Crippen molar-refractivity contribution in [3.8, 4) is 17.0 Å². The lowest BCUT2D eigenvalue weighted by Crippen LogP contribution is -2.38. The predicted octanol–water partition coefficient (Wildman–Crippen LogP) is 4.00. The van der Waals surface area contributed by atoms with Gasteiger partial charge in [0.1, 0.15) is 5.75 Å². The Labute approximate surface area is 188 Å². The van der Waals surface area contributed by atoms with E-state index in [0.29, 0.717) is 34.4 Å². The second-order valence-electron chi connectivity index (χ2n) is 6.77. The molecular formula is C22H22F2N4O3S. The van der Waals surface area contributed by atoms with Gasteiger partial charge in [0.05, 0.1) is 31.6 Å². The molecule has 0 radical (unpaired) electrons. The molecule has 0 saturated heterocycles. The maximum Gasteiger partial charge on any atom is 0.240 e. The molecule has 2 amide bonds. The predicted molar refractivity (Wildman–Crippen MR) is 120 cm³/mol.